The SMILES string of the molecule is CC(N)(CCCN1CCOC2CCCC21)C(N)=O. The third kappa shape index (κ3) is 3.02. The topological polar surface area (TPSA) is 81.6 Å². The fraction of sp³-hybridized carbons (Fsp3) is 0.923. The van der Waals surface area contributed by atoms with Crippen molar-refractivity contribution in [2.45, 2.75) is 56.7 Å². The number of morpholine rings is 1. The Balaban J connectivity index is 1.78. The van der Waals surface area contributed by atoms with Gasteiger partial charge in [0, 0.05) is 12.6 Å². The molecule has 0 spiro atoms. The van der Waals surface area contributed by atoms with Crippen molar-refractivity contribution < 1.29 is 9.53 Å². The number of fused-ring (bicyclic) bond motifs is 1. The Kier molecular flexibility index (Phi) is 4.25. The van der Waals surface area contributed by atoms with Crippen molar-refractivity contribution in [3.05, 3.63) is 0 Å². The molecule has 1 heterocycles. The van der Waals surface area contributed by atoms with Crippen LogP contribution < -0.4 is 11.5 Å². The van der Waals surface area contributed by atoms with E-state index in [1.807, 2.05) is 0 Å². The number of hydrogen-bond donors (Lipinski definition) is 2. The van der Waals surface area contributed by atoms with E-state index in [-0.39, 0.29) is 0 Å². The fourth-order valence-corrected chi connectivity index (χ4v) is 3.06. The van der Waals surface area contributed by atoms with Gasteiger partial charge < -0.3 is 16.2 Å². The molecule has 2 fully saturated rings. The molecule has 1 aliphatic carbocycles. The molecule has 18 heavy (non-hydrogen) atoms. The molecule has 5 nitrogen and oxygen atoms in total. The summed E-state index contributed by atoms with van der Waals surface area (Å²) in [6.45, 7) is 4.54. The van der Waals surface area contributed by atoms with E-state index in [0.29, 0.717) is 18.6 Å². The smallest absolute Gasteiger partial charge is 0.237 e. The van der Waals surface area contributed by atoms with Crippen molar-refractivity contribution in [3.63, 3.8) is 0 Å². The van der Waals surface area contributed by atoms with Gasteiger partial charge in [0.25, 0.3) is 0 Å². The lowest BCUT2D eigenvalue weighted by atomic mass is 9.96. The molecule has 104 valence electrons. The molecule has 2 aliphatic rings. The first kappa shape index (κ1) is 13.8. The van der Waals surface area contributed by atoms with Crippen molar-refractivity contribution in [1.82, 2.24) is 4.90 Å². The summed E-state index contributed by atoms with van der Waals surface area (Å²) in [7, 11) is 0. The Hall–Kier alpha value is -0.650. The number of rotatable bonds is 5. The van der Waals surface area contributed by atoms with Gasteiger partial charge >= 0.3 is 0 Å². The second-order valence-electron chi connectivity index (χ2n) is 5.83. The van der Waals surface area contributed by atoms with Crippen LogP contribution in [0, 0.1) is 0 Å². The van der Waals surface area contributed by atoms with Gasteiger partial charge in [-0.25, -0.2) is 0 Å². The van der Waals surface area contributed by atoms with Crippen LogP contribution in [-0.2, 0) is 9.53 Å². The van der Waals surface area contributed by atoms with Crippen LogP contribution in [0.2, 0.25) is 0 Å². The van der Waals surface area contributed by atoms with Crippen molar-refractivity contribution in [1.29, 1.82) is 0 Å². The van der Waals surface area contributed by atoms with Gasteiger partial charge in [0.15, 0.2) is 0 Å². The molecule has 3 unspecified atom stereocenters. The Morgan fingerprint density at radius 3 is 3.00 bits per heavy atom. The molecule has 0 aromatic heterocycles. The summed E-state index contributed by atoms with van der Waals surface area (Å²) in [5.41, 5.74) is 10.3. The van der Waals surface area contributed by atoms with Gasteiger partial charge in [-0.15, -0.1) is 0 Å². The number of amides is 1. The third-order valence-electron chi connectivity index (χ3n) is 4.30. The van der Waals surface area contributed by atoms with Crippen LogP contribution in [0.1, 0.15) is 39.0 Å². The maximum atomic E-state index is 11.1. The Bertz CT molecular complexity index is 307. The predicted molar refractivity (Wildman–Crippen MR) is 70.0 cm³/mol. The highest BCUT2D eigenvalue weighted by molar-refractivity contribution is 5.83. The molecule has 0 aromatic rings. The van der Waals surface area contributed by atoms with Gasteiger partial charge in [-0.1, -0.05) is 0 Å². The normalized spacial score (nSPS) is 31.9. The second kappa shape index (κ2) is 5.55. The van der Waals surface area contributed by atoms with Crippen molar-refractivity contribution in [2.75, 3.05) is 19.7 Å². The van der Waals surface area contributed by atoms with Gasteiger partial charge in [0.05, 0.1) is 18.2 Å². The minimum atomic E-state index is -0.874. The van der Waals surface area contributed by atoms with E-state index in [2.05, 4.69) is 4.90 Å². The van der Waals surface area contributed by atoms with E-state index in [0.717, 1.165) is 26.1 Å². The number of nitrogens with zero attached hydrogens (tertiary/aromatic N) is 1. The maximum Gasteiger partial charge on any atom is 0.237 e. The monoisotopic (exact) mass is 255 g/mol. The lowest BCUT2D eigenvalue weighted by molar-refractivity contribution is -0.122. The third-order valence-corrected chi connectivity index (χ3v) is 4.30. The molecule has 1 aliphatic heterocycles. The number of carbonyl (C=O) groups is 1. The molecule has 1 saturated carbocycles. The van der Waals surface area contributed by atoms with Crippen LogP contribution in [0.25, 0.3) is 0 Å². The van der Waals surface area contributed by atoms with Gasteiger partial charge in [0.2, 0.25) is 5.91 Å². The largest absolute Gasteiger partial charge is 0.375 e. The minimum absolute atomic E-state index is 0.414. The average Bonchev–Trinajstić information content (AvgIpc) is 2.77. The van der Waals surface area contributed by atoms with Crippen LogP contribution in [-0.4, -0.2) is 48.2 Å². The van der Waals surface area contributed by atoms with E-state index >= 15 is 0 Å². The zero-order valence-electron chi connectivity index (χ0n) is 11.2. The number of ether oxygens (including phenoxy) is 1. The highest BCUT2D eigenvalue weighted by atomic mass is 16.5. The summed E-state index contributed by atoms with van der Waals surface area (Å²) >= 11 is 0. The molecule has 1 amide bonds. The van der Waals surface area contributed by atoms with E-state index in [9.17, 15) is 4.79 Å². The minimum Gasteiger partial charge on any atom is -0.375 e. The van der Waals surface area contributed by atoms with Gasteiger partial charge in [-0.3, -0.25) is 9.69 Å². The molecular formula is C13H25N3O2. The molecule has 2 rings (SSSR count). The van der Waals surface area contributed by atoms with Crippen LogP contribution in [0.15, 0.2) is 0 Å². The van der Waals surface area contributed by atoms with E-state index in [1.165, 1.54) is 19.3 Å². The Labute approximate surface area is 109 Å². The zero-order valence-corrected chi connectivity index (χ0v) is 11.2. The van der Waals surface area contributed by atoms with E-state index < -0.39 is 11.4 Å². The Morgan fingerprint density at radius 1 is 1.50 bits per heavy atom. The lowest BCUT2D eigenvalue weighted by Crippen LogP contribution is -2.51. The summed E-state index contributed by atoms with van der Waals surface area (Å²) in [6, 6.07) is 0.580. The van der Waals surface area contributed by atoms with Gasteiger partial charge in [-0.05, 0) is 45.6 Å². The fourth-order valence-electron chi connectivity index (χ4n) is 3.06. The first-order valence-corrected chi connectivity index (χ1v) is 6.95. The standard InChI is InChI=1S/C13H25N3O2/c1-13(15,12(14)17)6-3-7-16-8-9-18-11-5-2-4-10(11)16/h10-11H,2-9,15H2,1H3,(H2,14,17). The molecule has 1 saturated heterocycles. The zero-order chi connectivity index (χ0) is 13.2. The average molecular weight is 255 g/mol. The van der Waals surface area contributed by atoms with Crippen LogP contribution in [0.3, 0.4) is 0 Å². The lowest BCUT2D eigenvalue weighted by Gasteiger charge is -2.38. The van der Waals surface area contributed by atoms with Gasteiger partial charge in [0.1, 0.15) is 0 Å². The maximum absolute atomic E-state index is 11.1. The van der Waals surface area contributed by atoms with Crippen LogP contribution in [0.4, 0.5) is 0 Å². The molecule has 5 heteroatoms. The quantitative estimate of drug-likeness (QED) is 0.736. The van der Waals surface area contributed by atoms with Crippen molar-refractivity contribution in [3.8, 4) is 0 Å². The summed E-state index contributed by atoms with van der Waals surface area (Å²) in [5.74, 6) is -0.414. The molecule has 0 aromatic carbocycles. The predicted octanol–water partition coefficient (Wildman–Crippen LogP) is 0.223. The highest BCUT2D eigenvalue weighted by Gasteiger charge is 2.36. The van der Waals surface area contributed by atoms with Crippen LogP contribution in [0.5, 0.6) is 0 Å². The number of carbonyl (C=O) groups excluding carboxylic acids is 1. The molecule has 0 bridgehead atoms. The summed E-state index contributed by atoms with van der Waals surface area (Å²) < 4.78 is 5.78. The summed E-state index contributed by atoms with van der Waals surface area (Å²) in [5, 5.41) is 0. The summed E-state index contributed by atoms with van der Waals surface area (Å²) in [4.78, 5) is 13.6. The number of primary amides is 1. The highest BCUT2D eigenvalue weighted by Crippen LogP contribution is 2.29. The molecular weight excluding hydrogens is 230 g/mol. The first-order chi connectivity index (χ1) is 8.50. The van der Waals surface area contributed by atoms with Crippen molar-refractivity contribution >= 4 is 5.91 Å². The first-order valence-electron chi connectivity index (χ1n) is 6.95. The summed E-state index contributed by atoms with van der Waals surface area (Å²) in [6.07, 6.45) is 5.69. The van der Waals surface area contributed by atoms with Crippen LogP contribution >= 0.6 is 0 Å². The number of hydrogen-bond acceptors (Lipinski definition) is 4. The van der Waals surface area contributed by atoms with E-state index in [4.69, 9.17) is 16.2 Å². The second-order valence-corrected chi connectivity index (χ2v) is 5.83. The van der Waals surface area contributed by atoms with Gasteiger partial charge in [-0.2, -0.15) is 0 Å². The Morgan fingerprint density at radius 2 is 2.28 bits per heavy atom. The van der Waals surface area contributed by atoms with E-state index in [1.54, 1.807) is 6.92 Å². The molecule has 0 radical (unpaired) electrons. The number of nitrogens with two attached hydrogens (primary N) is 2. The molecule has 4 N–H and O–H groups in total. The van der Waals surface area contributed by atoms with Crippen molar-refractivity contribution in [2.24, 2.45) is 11.5 Å². The molecule has 3 atom stereocenters.